The maximum absolute atomic E-state index is 13.0. The molecule has 3 amide bonds. The highest BCUT2D eigenvalue weighted by atomic mass is 16.4. The van der Waals surface area contributed by atoms with Crippen LogP contribution in [0.5, 0.6) is 0 Å². The molecule has 4 unspecified atom stereocenters. The number of amides is 3. The van der Waals surface area contributed by atoms with Gasteiger partial charge in [0.15, 0.2) is 0 Å². The summed E-state index contributed by atoms with van der Waals surface area (Å²) in [6.07, 6.45) is 3.44. The lowest BCUT2D eigenvalue weighted by molar-refractivity contribution is -0.147. The van der Waals surface area contributed by atoms with Crippen LogP contribution in [-0.2, 0) is 30.4 Å². The smallest absolute Gasteiger partial charge is 0.326 e. The van der Waals surface area contributed by atoms with Gasteiger partial charge in [0.25, 0.3) is 0 Å². The van der Waals surface area contributed by atoms with E-state index in [1.165, 1.54) is 12.5 Å². The number of carboxylic acids is 2. The number of aromatic nitrogens is 2. The number of nitrogens with zero attached hydrogens (tertiary/aromatic N) is 1. The Morgan fingerprint density at radius 2 is 1.66 bits per heavy atom. The van der Waals surface area contributed by atoms with Gasteiger partial charge in [-0.05, 0) is 31.7 Å². The van der Waals surface area contributed by atoms with E-state index in [-0.39, 0.29) is 18.8 Å². The Balaban J connectivity index is 2.91. The number of carboxylic acid groups (broad SMARTS) is 2. The van der Waals surface area contributed by atoms with Crippen LogP contribution in [0, 0.1) is 5.92 Å². The number of carbonyl (C=O) groups is 5. The second-order valence-corrected chi connectivity index (χ2v) is 8.46. The van der Waals surface area contributed by atoms with E-state index in [0.29, 0.717) is 25.1 Å². The number of aromatic amines is 1. The zero-order valence-corrected chi connectivity index (χ0v) is 19.8. The van der Waals surface area contributed by atoms with Gasteiger partial charge >= 0.3 is 11.9 Å². The van der Waals surface area contributed by atoms with Crippen molar-refractivity contribution in [2.75, 3.05) is 6.54 Å². The van der Waals surface area contributed by atoms with E-state index in [2.05, 4.69) is 25.9 Å². The molecule has 0 saturated carbocycles. The Bertz CT molecular complexity index is 860. The fourth-order valence-corrected chi connectivity index (χ4v) is 3.19. The average Bonchev–Trinajstić information content (AvgIpc) is 3.28. The number of imidazole rings is 1. The Kier molecular flexibility index (Phi) is 12.4. The molecular weight excluding hydrogens is 462 g/mol. The Hall–Kier alpha value is -3.52. The van der Waals surface area contributed by atoms with Crippen molar-refractivity contribution in [3.05, 3.63) is 18.2 Å². The maximum atomic E-state index is 13.0. The van der Waals surface area contributed by atoms with Gasteiger partial charge in [0.2, 0.25) is 17.7 Å². The molecule has 35 heavy (non-hydrogen) atoms. The monoisotopic (exact) mass is 497 g/mol. The summed E-state index contributed by atoms with van der Waals surface area (Å²) in [7, 11) is 0. The summed E-state index contributed by atoms with van der Waals surface area (Å²) in [6.45, 7) is 3.74. The van der Waals surface area contributed by atoms with Crippen molar-refractivity contribution in [2.24, 2.45) is 17.4 Å². The second kappa shape index (κ2) is 14.7. The molecule has 0 aliphatic carbocycles. The highest BCUT2D eigenvalue weighted by Gasteiger charge is 2.32. The minimum Gasteiger partial charge on any atom is -0.481 e. The maximum Gasteiger partial charge on any atom is 0.326 e. The van der Waals surface area contributed by atoms with Crippen LogP contribution in [0.25, 0.3) is 0 Å². The molecule has 0 aliphatic rings. The SMILES string of the molecule is CC(C)C(NC(=O)C(N)Cc1cnc[nH]1)C(=O)NC(CCCCN)C(=O)NC(CC(=O)O)C(=O)O. The molecule has 0 aliphatic heterocycles. The molecule has 1 aromatic rings. The van der Waals surface area contributed by atoms with Crippen molar-refractivity contribution in [3.63, 3.8) is 0 Å². The van der Waals surface area contributed by atoms with Crippen LogP contribution in [0.1, 0.15) is 45.2 Å². The third-order valence-corrected chi connectivity index (χ3v) is 5.15. The molecule has 14 heteroatoms. The number of rotatable bonds is 16. The lowest BCUT2D eigenvalue weighted by Gasteiger charge is -2.27. The first kappa shape index (κ1) is 29.5. The molecule has 0 aromatic carbocycles. The molecule has 0 radical (unpaired) electrons. The fraction of sp³-hybridized carbons (Fsp3) is 0.619. The van der Waals surface area contributed by atoms with E-state index in [0.717, 1.165) is 0 Å². The van der Waals surface area contributed by atoms with Crippen LogP contribution < -0.4 is 27.4 Å². The summed E-state index contributed by atoms with van der Waals surface area (Å²) < 4.78 is 0. The summed E-state index contributed by atoms with van der Waals surface area (Å²) >= 11 is 0. The van der Waals surface area contributed by atoms with Crippen molar-refractivity contribution >= 4 is 29.7 Å². The van der Waals surface area contributed by atoms with Crippen LogP contribution >= 0.6 is 0 Å². The largest absolute Gasteiger partial charge is 0.481 e. The van der Waals surface area contributed by atoms with Gasteiger partial charge in [-0.3, -0.25) is 19.2 Å². The van der Waals surface area contributed by atoms with Gasteiger partial charge in [-0.1, -0.05) is 13.8 Å². The van der Waals surface area contributed by atoms with E-state index in [4.69, 9.17) is 16.6 Å². The van der Waals surface area contributed by atoms with E-state index in [1.807, 2.05) is 0 Å². The van der Waals surface area contributed by atoms with Gasteiger partial charge in [-0.15, -0.1) is 0 Å². The number of aliphatic carboxylic acids is 2. The van der Waals surface area contributed by atoms with Crippen molar-refractivity contribution in [1.29, 1.82) is 0 Å². The number of H-pyrrole nitrogens is 1. The topological polar surface area (TPSA) is 243 Å². The van der Waals surface area contributed by atoms with Crippen molar-refractivity contribution in [3.8, 4) is 0 Å². The highest BCUT2D eigenvalue weighted by molar-refractivity contribution is 5.94. The molecule has 0 fully saturated rings. The summed E-state index contributed by atoms with van der Waals surface area (Å²) in [5.74, 6) is -5.40. The van der Waals surface area contributed by atoms with Gasteiger partial charge < -0.3 is 42.6 Å². The Labute approximate surface area is 202 Å². The minimum atomic E-state index is -1.67. The molecule has 1 aromatic heterocycles. The first-order chi connectivity index (χ1) is 16.5. The molecule has 0 spiro atoms. The molecule has 196 valence electrons. The van der Waals surface area contributed by atoms with Gasteiger partial charge in [-0.25, -0.2) is 9.78 Å². The van der Waals surface area contributed by atoms with Gasteiger partial charge in [0.1, 0.15) is 18.1 Å². The van der Waals surface area contributed by atoms with Crippen molar-refractivity contribution in [1.82, 2.24) is 25.9 Å². The number of hydrogen-bond acceptors (Lipinski definition) is 8. The van der Waals surface area contributed by atoms with Gasteiger partial charge in [0.05, 0.1) is 18.8 Å². The van der Waals surface area contributed by atoms with E-state index >= 15 is 0 Å². The molecule has 1 rings (SSSR count). The quantitative estimate of drug-likeness (QED) is 0.118. The summed E-state index contributed by atoms with van der Waals surface area (Å²) in [4.78, 5) is 67.3. The zero-order chi connectivity index (χ0) is 26.5. The number of hydrogen-bond donors (Lipinski definition) is 8. The summed E-state index contributed by atoms with van der Waals surface area (Å²) in [6, 6.07) is -4.83. The molecule has 14 nitrogen and oxygen atoms in total. The molecule has 1 heterocycles. The number of nitrogens with two attached hydrogens (primary N) is 2. The molecule has 4 atom stereocenters. The number of carbonyl (C=O) groups excluding carboxylic acids is 3. The first-order valence-electron chi connectivity index (χ1n) is 11.2. The molecule has 0 bridgehead atoms. The predicted octanol–water partition coefficient (Wildman–Crippen LogP) is -1.92. The van der Waals surface area contributed by atoms with Crippen LogP contribution in [-0.4, -0.2) is 80.6 Å². The van der Waals surface area contributed by atoms with Crippen LogP contribution in [0.3, 0.4) is 0 Å². The number of unbranched alkanes of at least 4 members (excludes halogenated alkanes) is 1. The highest BCUT2D eigenvalue weighted by Crippen LogP contribution is 2.08. The number of nitrogens with one attached hydrogen (secondary N) is 4. The van der Waals surface area contributed by atoms with E-state index < -0.39 is 60.2 Å². The van der Waals surface area contributed by atoms with Crippen LogP contribution in [0.15, 0.2) is 12.5 Å². The minimum absolute atomic E-state index is 0.131. The summed E-state index contributed by atoms with van der Waals surface area (Å²) in [5, 5.41) is 25.4. The zero-order valence-electron chi connectivity index (χ0n) is 19.8. The van der Waals surface area contributed by atoms with Crippen molar-refractivity contribution in [2.45, 2.75) is 70.1 Å². The third-order valence-electron chi connectivity index (χ3n) is 5.15. The van der Waals surface area contributed by atoms with Gasteiger partial charge in [0, 0.05) is 18.3 Å². The molecular formula is C21H35N7O7. The lowest BCUT2D eigenvalue weighted by Crippen LogP contribution is -2.58. The lowest BCUT2D eigenvalue weighted by atomic mass is 10.0. The average molecular weight is 498 g/mol. The van der Waals surface area contributed by atoms with E-state index in [9.17, 15) is 29.1 Å². The van der Waals surface area contributed by atoms with Crippen LogP contribution in [0.2, 0.25) is 0 Å². The normalized spacial score (nSPS) is 14.4. The second-order valence-electron chi connectivity index (χ2n) is 8.46. The summed E-state index contributed by atoms with van der Waals surface area (Å²) in [5.41, 5.74) is 12.1. The van der Waals surface area contributed by atoms with Gasteiger partial charge in [-0.2, -0.15) is 0 Å². The van der Waals surface area contributed by atoms with Crippen molar-refractivity contribution < 1.29 is 34.2 Å². The Morgan fingerprint density at radius 1 is 1.00 bits per heavy atom. The Morgan fingerprint density at radius 3 is 2.17 bits per heavy atom. The first-order valence-corrected chi connectivity index (χ1v) is 11.2. The third kappa shape index (κ3) is 10.5. The molecule has 10 N–H and O–H groups in total. The van der Waals surface area contributed by atoms with Crippen LogP contribution in [0.4, 0.5) is 0 Å². The molecule has 0 saturated heterocycles. The standard InChI is InChI=1S/C21H35N7O7/c1-11(2)17(28-18(31)13(23)7-12-9-24-10-25-12)20(33)26-14(5-3-4-6-22)19(32)27-15(21(34)35)8-16(29)30/h9-11,13-15,17H,3-8,22-23H2,1-2H3,(H,24,25)(H,26,33)(H,27,32)(H,28,31)(H,29,30)(H,34,35). The fourth-order valence-electron chi connectivity index (χ4n) is 3.19. The van der Waals surface area contributed by atoms with E-state index in [1.54, 1.807) is 13.8 Å². The predicted molar refractivity (Wildman–Crippen MR) is 124 cm³/mol.